The number of carboxylic acid groups (broad SMARTS) is 1. The van der Waals surface area contributed by atoms with Gasteiger partial charge in [0.05, 0.1) is 0 Å². The van der Waals surface area contributed by atoms with Crippen LogP contribution in [0.25, 0.3) is 0 Å². The molecule has 1 amide bonds. The summed E-state index contributed by atoms with van der Waals surface area (Å²) in [4.78, 5) is 26.2. The Kier molecular flexibility index (Phi) is 3.95. The van der Waals surface area contributed by atoms with Crippen molar-refractivity contribution in [1.82, 2.24) is 10.3 Å². The van der Waals surface area contributed by atoms with Gasteiger partial charge < -0.3 is 15.5 Å². The first-order valence-corrected chi connectivity index (χ1v) is 5.82. The zero-order chi connectivity index (χ0) is 14.5. The minimum absolute atomic E-state index is 0.0186. The predicted molar refractivity (Wildman–Crippen MR) is 70.5 cm³/mol. The van der Waals surface area contributed by atoms with E-state index in [4.69, 9.17) is 5.11 Å². The lowest BCUT2D eigenvalue weighted by Crippen LogP contribution is -2.22. The number of phenols is 1. The highest BCUT2D eigenvalue weighted by Crippen LogP contribution is 2.10. The fourth-order valence-electron chi connectivity index (χ4n) is 1.59. The summed E-state index contributed by atoms with van der Waals surface area (Å²) in [7, 11) is 0. The highest BCUT2D eigenvalue weighted by Gasteiger charge is 2.07. The van der Waals surface area contributed by atoms with Crippen molar-refractivity contribution in [3.63, 3.8) is 0 Å². The Hall–Kier alpha value is -2.89. The number of aromatic nitrogens is 1. The molecular formula is C14H12N2O4. The summed E-state index contributed by atoms with van der Waals surface area (Å²) in [6.07, 6.45) is 1.40. The Morgan fingerprint density at radius 3 is 2.60 bits per heavy atom. The molecule has 0 bridgehead atoms. The molecule has 2 rings (SSSR count). The van der Waals surface area contributed by atoms with Gasteiger partial charge in [-0.05, 0) is 29.8 Å². The number of rotatable bonds is 4. The summed E-state index contributed by atoms with van der Waals surface area (Å²) >= 11 is 0. The Balaban J connectivity index is 1.98. The molecule has 2 aromatic rings. The van der Waals surface area contributed by atoms with Crippen molar-refractivity contribution in [1.29, 1.82) is 0 Å². The maximum Gasteiger partial charge on any atom is 0.354 e. The van der Waals surface area contributed by atoms with Crippen LogP contribution in [0.2, 0.25) is 0 Å². The van der Waals surface area contributed by atoms with Gasteiger partial charge in [-0.1, -0.05) is 12.1 Å². The average molecular weight is 272 g/mol. The lowest BCUT2D eigenvalue weighted by molar-refractivity contribution is 0.0690. The van der Waals surface area contributed by atoms with E-state index in [0.29, 0.717) is 11.1 Å². The van der Waals surface area contributed by atoms with Gasteiger partial charge in [0.2, 0.25) is 0 Å². The molecule has 0 saturated heterocycles. The van der Waals surface area contributed by atoms with Crippen molar-refractivity contribution < 1.29 is 19.8 Å². The molecule has 0 unspecified atom stereocenters. The van der Waals surface area contributed by atoms with Crippen LogP contribution in [0, 0.1) is 0 Å². The molecule has 1 aromatic heterocycles. The number of nitrogens with one attached hydrogen (secondary N) is 1. The molecule has 0 radical (unpaired) electrons. The zero-order valence-electron chi connectivity index (χ0n) is 10.4. The number of carbonyl (C=O) groups is 2. The van der Waals surface area contributed by atoms with Gasteiger partial charge in [0.1, 0.15) is 11.4 Å². The number of nitrogens with zero attached hydrogens (tertiary/aromatic N) is 1. The van der Waals surface area contributed by atoms with Crippen LogP contribution in [0.3, 0.4) is 0 Å². The summed E-state index contributed by atoms with van der Waals surface area (Å²) in [5.41, 5.74) is 0.983. The van der Waals surface area contributed by atoms with Crippen molar-refractivity contribution >= 4 is 11.9 Å². The third-order valence-electron chi connectivity index (χ3n) is 2.61. The molecule has 0 aliphatic carbocycles. The Morgan fingerprint density at radius 1 is 1.20 bits per heavy atom. The standard InChI is InChI=1S/C14H12N2O4/c17-11-3-1-2-10(6-11)13(18)16-8-9-4-5-12(14(19)20)15-7-9/h1-7,17H,8H2,(H,16,18)(H,19,20). The molecule has 0 saturated carbocycles. The first kappa shape index (κ1) is 13.5. The number of aromatic hydroxyl groups is 1. The molecule has 1 aromatic carbocycles. The van der Waals surface area contributed by atoms with E-state index in [0.717, 1.165) is 0 Å². The molecule has 6 heteroatoms. The normalized spacial score (nSPS) is 10.0. The monoisotopic (exact) mass is 272 g/mol. The summed E-state index contributed by atoms with van der Waals surface area (Å²) in [5.74, 6) is -1.41. The minimum Gasteiger partial charge on any atom is -0.508 e. The van der Waals surface area contributed by atoms with Gasteiger partial charge in [-0.15, -0.1) is 0 Å². The number of hydrogen-bond acceptors (Lipinski definition) is 4. The van der Waals surface area contributed by atoms with Gasteiger partial charge in [-0.3, -0.25) is 4.79 Å². The van der Waals surface area contributed by atoms with Gasteiger partial charge in [-0.25, -0.2) is 9.78 Å². The summed E-state index contributed by atoms with van der Waals surface area (Å²) < 4.78 is 0. The smallest absolute Gasteiger partial charge is 0.354 e. The van der Waals surface area contributed by atoms with E-state index in [1.165, 1.54) is 24.4 Å². The SMILES string of the molecule is O=C(NCc1ccc(C(=O)O)nc1)c1cccc(O)c1. The predicted octanol–water partition coefficient (Wildman–Crippen LogP) is 1.42. The number of carboxylic acids is 1. The number of phenolic OH excluding ortho intramolecular Hbond substituents is 1. The topological polar surface area (TPSA) is 99.5 Å². The lowest BCUT2D eigenvalue weighted by atomic mass is 10.2. The van der Waals surface area contributed by atoms with Crippen LogP contribution in [0.4, 0.5) is 0 Å². The van der Waals surface area contributed by atoms with E-state index in [-0.39, 0.29) is 23.9 Å². The molecule has 1 heterocycles. The van der Waals surface area contributed by atoms with Crippen molar-refractivity contribution in [2.75, 3.05) is 0 Å². The summed E-state index contributed by atoms with van der Waals surface area (Å²) in [6, 6.07) is 8.96. The number of pyridine rings is 1. The van der Waals surface area contributed by atoms with Gasteiger partial charge in [0.15, 0.2) is 0 Å². The maximum atomic E-state index is 11.8. The second kappa shape index (κ2) is 5.83. The fraction of sp³-hybridized carbons (Fsp3) is 0.0714. The van der Waals surface area contributed by atoms with Crippen LogP contribution in [0.15, 0.2) is 42.6 Å². The fourth-order valence-corrected chi connectivity index (χ4v) is 1.59. The van der Waals surface area contributed by atoms with E-state index < -0.39 is 5.97 Å². The summed E-state index contributed by atoms with van der Waals surface area (Å²) in [5, 5.41) is 20.7. The van der Waals surface area contributed by atoms with Crippen LogP contribution in [-0.2, 0) is 6.54 Å². The molecule has 0 atom stereocenters. The molecule has 3 N–H and O–H groups in total. The highest BCUT2D eigenvalue weighted by molar-refractivity contribution is 5.94. The second-order valence-electron chi connectivity index (χ2n) is 4.09. The Labute approximate surface area is 114 Å². The molecule has 0 spiro atoms. The molecule has 0 aliphatic rings. The third kappa shape index (κ3) is 3.32. The Bertz CT molecular complexity index is 638. The molecule has 0 aliphatic heterocycles. The highest BCUT2D eigenvalue weighted by atomic mass is 16.4. The molecule has 20 heavy (non-hydrogen) atoms. The van der Waals surface area contributed by atoms with Crippen LogP contribution < -0.4 is 5.32 Å². The van der Waals surface area contributed by atoms with Crippen molar-refractivity contribution in [2.45, 2.75) is 6.54 Å². The van der Waals surface area contributed by atoms with Crippen molar-refractivity contribution in [2.24, 2.45) is 0 Å². The third-order valence-corrected chi connectivity index (χ3v) is 2.61. The van der Waals surface area contributed by atoms with Crippen LogP contribution >= 0.6 is 0 Å². The van der Waals surface area contributed by atoms with Gasteiger partial charge in [-0.2, -0.15) is 0 Å². The van der Waals surface area contributed by atoms with E-state index in [1.54, 1.807) is 18.2 Å². The zero-order valence-corrected chi connectivity index (χ0v) is 10.4. The first-order chi connectivity index (χ1) is 9.56. The molecular weight excluding hydrogens is 260 g/mol. The van der Waals surface area contributed by atoms with Gasteiger partial charge in [0.25, 0.3) is 5.91 Å². The molecule has 0 fully saturated rings. The number of carbonyl (C=O) groups excluding carboxylic acids is 1. The number of amides is 1. The Morgan fingerprint density at radius 2 is 2.00 bits per heavy atom. The number of benzene rings is 1. The molecule has 6 nitrogen and oxygen atoms in total. The van der Waals surface area contributed by atoms with Crippen LogP contribution in [-0.4, -0.2) is 27.1 Å². The largest absolute Gasteiger partial charge is 0.508 e. The van der Waals surface area contributed by atoms with Crippen molar-refractivity contribution in [3.8, 4) is 5.75 Å². The number of aromatic carboxylic acids is 1. The van der Waals surface area contributed by atoms with Crippen LogP contribution in [0.5, 0.6) is 5.75 Å². The average Bonchev–Trinajstić information content (AvgIpc) is 2.45. The van der Waals surface area contributed by atoms with Gasteiger partial charge >= 0.3 is 5.97 Å². The quantitative estimate of drug-likeness (QED) is 0.781. The second-order valence-corrected chi connectivity index (χ2v) is 4.09. The van der Waals surface area contributed by atoms with E-state index in [1.807, 2.05) is 0 Å². The van der Waals surface area contributed by atoms with Crippen molar-refractivity contribution in [3.05, 3.63) is 59.4 Å². The summed E-state index contributed by atoms with van der Waals surface area (Å²) in [6.45, 7) is 0.224. The van der Waals surface area contributed by atoms with Gasteiger partial charge in [0, 0.05) is 18.3 Å². The first-order valence-electron chi connectivity index (χ1n) is 5.82. The number of hydrogen-bond donors (Lipinski definition) is 3. The molecule has 102 valence electrons. The van der Waals surface area contributed by atoms with E-state index in [2.05, 4.69) is 10.3 Å². The van der Waals surface area contributed by atoms with E-state index in [9.17, 15) is 14.7 Å². The van der Waals surface area contributed by atoms with Crippen LogP contribution in [0.1, 0.15) is 26.4 Å². The minimum atomic E-state index is -1.10. The lowest BCUT2D eigenvalue weighted by Gasteiger charge is -2.05. The maximum absolute atomic E-state index is 11.8. The van der Waals surface area contributed by atoms with E-state index >= 15 is 0 Å².